The standard InChI is InChI=1S/C61H110O5/c1-4-7-10-13-16-19-22-25-28-30-32-35-38-41-44-47-50-53-56-64-57-59(66-61(63)55-52-49-46-43-40-37-33-27-24-21-18-15-12-9-6-3)58-65-60(62)54-51-48-45-42-39-36-34-31-29-26-23-20-17-14-11-8-5-2/h8,11,17,20,26,29,34,36,42,45,59H,4-7,9-10,12-16,18-19,21-25,27-28,30-33,35,37-41,43-44,46-58H2,1-3H3/b11-8-,20-17-,29-26-,36-34-,45-42-. The molecule has 0 N–H and O–H groups in total. The molecule has 384 valence electrons. The van der Waals surface area contributed by atoms with Crippen LogP contribution in [0.1, 0.15) is 290 Å². The molecular formula is C61H110O5. The van der Waals surface area contributed by atoms with E-state index in [-0.39, 0.29) is 25.2 Å². The summed E-state index contributed by atoms with van der Waals surface area (Å²) in [6.07, 6.45) is 72.5. The fraction of sp³-hybridized carbons (Fsp3) is 0.803. The van der Waals surface area contributed by atoms with Crippen LogP contribution in [-0.2, 0) is 23.8 Å². The van der Waals surface area contributed by atoms with Crippen molar-refractivity contribution in [2.24, 2.45) is 0 Å². The van der Waals surface area contributed by atoms with E-state index in [1.165, 1.54) is 186 Å². The van der Waals surface area contributed by atoms with Gasteiger partial charge in [0.1, 0.15) is 6.61 Å². The van der Waals surface area contributed by atoms with Gasteiger partial charge in [0.05, 0.1) is 6.61 Å². The van der Waals surface area contributed by atoms with Gasteiger partial charge >= 0.3 is 11.9 Å². The second-order valence-corrected chi connectivity index (χ2v) is 19.2. The van der Waals surface area contributed by atoms with Crippen molar-refractivity contribution in [1.82, 2.24) is 0 Å². The summed E-state index contributed by atoms with van der Waals surface area (Å²) in [4.78, 5) is 25.5. The topological polar surface area (TPSA) is 61.8 Å². The lowest BCUT2D eigenvalue weighted by Crippen LogP contribution is -2.30. The molecule has 0 aliphatic carbocycles. The molecule has 0 heterocycles. The van der Waals surface area contributed by atoms with Gasteiger partial charge in [-0.25, -0.2) is 0 Å². The van der Waals surface area contributed by atoms with Crippen LogP contribution in [0.4, 0.5) is 0 Å². The molecule has 0 fully saturated rings. The Balaban J connectivity index is 4.31. The quantitative estimate of drug-likeness (QED) is 0.0346. The van der Waals surface area contributed by atoms with Crippen molar-refractivity contribution in [2.45, 2.75) is 297 Å². The van der Waals surface area contributed by atoms with Crippen LogP contribution in [0.15, 0.2) is 60.8 Å². The van der Waals surface area contributed by atoms with Crippen LogP contribution in [-0.4, -0.2) is 37.9 Å². The zero-order valence-corrected chi connectivity index (χ0v) is 44.2. The molecule has 0 bridgehead atoms. The molecule has 0 radical (unpaired) electrons. The highest BCUT2D eigenvalue weighted by atomic mass is 16.6. The molecule has 1 unspecified atom stereocenters. The normalized spacial score (nSPS) is 12.6. The SMILES string of the molecule is CC/C=C\C/C=C\C/C=C\C/C=C\C/C=C\CCCC(=O)OCC(COCCCCCCCCCCCCCCCCCCCC)OC(=O)CCCCCCCCCCCCCCCCC. The molecule has 0 aromatic heterocycles. The number of hydrogen-bond acceptors (Lipinski definition) is 5. The van der Waals surface area contributed by atoms with Crippen molar-refractivity contribution in [2.75, 3.05) is 19.8 Å². The summed E-state index contributed by atoms with van der Waals surface area (Å²) in [5, 5.41) is 0. The van der Waals surface area contributed by atoms with E-state index in [0.717, 1.165) is 70.6 Å². The Labute approximate surface area is 411 Å². The lowest BCUT2D eigenvalue weighted by Gasteiger charge is -2.18. The first kappa shape index (κ1) is 63.6. The number of carbonyl (C=O) groups is 2. The fourth-order valence-corrected chi connectivity index (χ4v) is 8.31. The van der Waals surface area contributed by atoms with Gasteiger partial charge in [0.2, 0.25) is 0 Å². The Morgan fingerprint density at radius 1 is 0.348 bits per heavy atom. The van der Waals surface area contributed by atoms with Crippen molar-refractivity contribution in [3.05, 3.63) is 60.8 Å². The largest absolute Gasteiger partial charge is 0.462 e. The van der Waals surface area contributed by atoms with Crippen LogP contribution in [0.25, 0.3) is 0 Å². The molecule has 0 aromatic carbocycles. The molecule has 0 amide bonds. The Morgan fingerprint density at radius 2 is 0.682 bits per heavy atom. The molecular weight excluding hydrogens is 813 g/mol. The summed E-state index contributed by atoms with van der Waals surface area (Å²) in [6.45, 7) is 7.71. The number of carbonyl (C=O) groups excluding carboxylic acids is 2. The van der Waals surface area contributed by atoms with Crippen LogP contribution >= 0.6 is 0 Å². The number of ether oxygens (including phenoxy) is 3. The zero-order valence-electron chi connectivity index (χ0n) is 44.2. The van der Waals surface area contributed by atoms with E-state index < -0.39 is 6.10 Å². The summed E-state index contributed by atoms with van der Waals surface area (Å²) in [5.41, 5.74) is 0. The van der Waals surface area contributed by atoms with Gasteiger partial charge < -0.3 is 14.2 Å². The van der Waals surface area contributed by atoms with E-state index >= 15 is 0 Å². The summed E-state index contributed by atoms with van der Waals surface area (Å²) in [7, 11) is 0. The van der Waals surface area contributed by atoms with Crippen LogP contribution in [0.2, 0.25) is 0 Å². The van der Waals surface area contributed by atoms with E-state index in [1.807, 2.05) is 0 Å². The average Bonchev–Trinajstić information content (AvgIpc) is 3.32. The van der Waals surface area contributed by atoms with Crippen molar-refractivity contribution < 1.29 is 23.8 Å². The minimum Gasteiger partial charge on any atom is -0.462 e. The van der Waals surface area contributed by atoms with Crippen molar-refractivity contribution in [3.63, 3.8) is 0 Å². The van der Waals surface area contributed by atoms with Crippen molar-refractivity contribution in [1.29, 1.82) is 0 Å². The minimum absolute atomic E-state index is 0.0597. The van der Waals surface area contributed by atoms with Crippen LogP contribution < -0.4 is 0 Å². The van der Waals surface area contributed by atoms with Gasteiger partial charge in [0, 0.05) is 19.4 Å². The number of rotatable bonds is 53. The van der Waals surface area contributed by atoms with E-state index in [2.05, 4.69) is 81.5 Å². The summed E-state index contributed by atoms with van der Waals surface area (Å²) < 4.78 is 17.4. The van der Waals surface area contributed by atoms with Gasteiger partial charge in [0.15, 0.2) is 6.10 Å². The number of esters is 2. The van der Waals surface area contributed by atoms with Gasteiger partial charge in [-0.2, -0.15) is 0 Å². The lowest BCUT2D eigenvalue weighted by molar-refractivity contribution is -0.163. The Kier molecular flexibility index (Phi) is 54.9. The Hall–Kier alpha value is -2.40. The third-order valence-electron chi connectivity index (χ3n) is 12.6. The highest BCUT2D eigenvalue weighted by molar-refractivity contribution is 5.70. The average molecular weight is 924 g/mol. The molecule has 5 nitrogen and oxygen atoms in total. The maximum Gasteiger partial charge on any atom is 0.306 e. The smallest absolute Gasteiger partial charge is 0.306 e. The number of hydrogen-bond donors (Lipinski definition) is 0. The Bertz CT molecular complexity index is 1130. The summed E-state index contributed by atoms with van der Waals surface area (Å²) in [6, 6.07) is 0. The van der Waals surface area contributed by atoms with E-state index in [0.29, 0.717) is 19.4 Å². The summed E-state index contributed by atoms with van der Waals surface area (Å²) in [5.74, 6) is -0.449. The fourth-order valence-electron chi connectivity index (χ4n) is 8.31. The van der Waals surface area contributed by atoms with Crippen molar-refractivity contribution >= 4 is 11.9 Å². The van der Waals surface area contributed by atoms with Gasteiger partial charge in [0.25, 0.3) is 0 Å². The zero-order chi connectivity index (χ0) is 47.7. The Morgan fingerprint density at radius 3 is 1.08 bits per heavy atom. The molecule has 0 aliphatic rings. The van der Waals surface area contributed by atoms with E-state index in [9.17, 15) is 9.59 Å². The molecule has 66 heavy (non-hydrogen) atoms. The van der Waals surface area contributed by atoms with Crippen LogP contribution in [0, 0.1) is 0 Å². The molecule has 0 aliphatic heterocycles. The predicted octanol–water partition coefficient (Wildman–Crippen LogP) is 19.7. The number of unbranched alkanes of at least 4 members (excludes halogenated alkanes) is 32. The number of allylic oxidation sites excluding steroid dienone is 10. The maximum absolute atomic E-state index is 12.8. The van der Waals surface area contributed by atoms with Crippen LogP contribution in [0.3, 0.4) is 0 Å². The second-order valence-electron chi connectivity index (χ2n) is 19.2. The lowest BCUT2D eigenvalue weighted by atomic mass is 10.0. The maximum atomic E-state index is 12.8. The van der Waals surface area contributed by atoms with E-state index in [4.69, 9.17) is 14.2 Å². The first-order valence-electron chi connectivity index (χ1n) is 28.8. The second kappa shape index (κ2) is 56.9. The first-order chi connectivity index (χ1) is 32.6. The molecule has 0 saturated heterocycles. The van der Waals surface area contributed by atoms with Gasteiger partial charge in [-0.05, 0) is 57.8 Å². The highest BCUT2D eigenvalue weighted by Gasteiger charge is 2.17. The molecule has 1 atom stereocenters. The van der Waals surface area contributed by atoms with Crippen LogP contribution in [0.5, 0.6) is 0 Å². The monoisotopic (exact) mass is 923 g/mol. The third kappa shape index (κ3) is 54.2. The minimum atomic E-state index is -0.556. The first-order valence-corrected chi connectivity index (χ1v) is 28.8. The van der Waals surface area contributed by atoms with Crippen molar-refractivity contribution in [3.8, 4) is 0 Å². The van der Waals surface area contributed by atoms with Gasteiger partial charge in [-0.15, -0.1) is 0 Å². The molecule has 0 spiro atoms. The predicted molar refractivity (Wildman–Crippen MR) is 288 cm³/mol. The molecule has 0 saturated carbocycles. The third-order valence-corrected chi connectivity index (χ3v) is 12.6. The molecule has 0 aromatic rings. The van der Waals surface area contributed by atoms with Gasteiger partial charge in [-0.3, -0.25) is 9.59 Å². The molecule has 0 rings (SSSR count). The summed E-state index contributed by atoms with van der Waals surface area (Å²) >= 11 is 0. The van der Waals surface area contributed by atoms with E-state index in [1.54, 1.807) is 0 Å². The highest BCUT2D eigenvalue weighted by Crippen LogP contribution is 2.16. The molecule has 5 heteroatoms. The van der Waals surface area contributed by atoms with Gasteiger partial charge in [-0.1, -0.05) is 281 Å².